The first-order valence-electron chi connectivity index (χ1n) is 6.73. The summed E-state index contributed by atoms with van der Waals surface area (Å²) >= 11 is 0. The average Bonchev–Trinajstić information content (AvgIpc) is 2.46. The van der Waals surface area contributed by atoms with Crippen molar-refractivity contribution < 1.29 is 9.53 Å². The number of nitrogens with zero attached hydrogens (tertiary/aromatic N) is 1. The van der Waals surface area contributed by atoms with Gasteiger partial charge in [-0.2, -0.15) is 0 Å². The largest absolute Gasteiger partial charge is 0.465 e. The van der Waals surface area contributed by atoms with E-state index in [-0.39, 0.29) is 0 Å². The van der Waals surface area contributed by atoms with Gasteiger partial charge in [0, 0.05) is 12.7 Å². The third kappa shape index (κ3) is 2.84. The van der Waals surface area contributed by atoms with Gasteiger partial charge in [0.05, 0.1) is 24.0 Å². The fourth-order valence-corrected chi connectivity index (χ4v) is 2.44. The van der Waals surface area contributed by atoms with E-state index >= 15 is 0 Å². The molecule has 0 spiro atoms. The van der Waals surface area contributed by atoms with Crippen LogP contribution in [0.1, 0.15) is 21.5 Å². The Kier molecular flexibility index (Phi) is 4.17. The highest BCUT2D eigenvalue weighted by atomic mass is 16.5. The minimum absolute atomic E-state index is 0.381. The molecule has 0 bridgehead atoms. The molecule has 2 rings (SSSR count). The maximum atomic E-state index is 11.7. The normalized spacial score (nSPS) is 10.3. The van der Waals surface area contributed by atoms with Gasteiger partial charge in [-0.25, -0.2) is 4.79 Å². The maximum Gasteiger partial charge on any atom is 0.340 e. The highest BCUT2D eigenvalue weighted by molar-refractivity contribution is 5.99. The van der Waals surface area contributed by atoms with Crippen LogP contribution in [0.5, 0.6) is 0 Å². The number of rotatable bonds is 3. The fourth-order valence-electron chi connectivity index (χ4n) is 2.44. The molecule has 110 valence electrons. The second kappa shape index (κ2) is 5.87. The number of para-hydroxylation sites is 1. The lowest BCUT2D eigenvalue weighted by molar-refractivity contribution is 0.0602. The lowest BCUT2D eigenvalue weighted by Gasteiger charge is -2.24. The van der Waals surface area contributed by atoms with Crippen molar-refractivity contribution in [3.8, 4) is 0 Å². The smallest absolute Gasteiger partial charge is 0.340 e. The molecule has 0 radical (unpaired) electrons. The van der Waals surface area contributed by atoms with Crippen molar-refractivity contribution in [1.29, 1.82) is 0 Å². The first kappa shape index (κ1) is 14.9. The Hall–Kier alpha value is -2.49. The summed E-state index contributed by atoms with van der Waals surface area (Å²) in [7, 11) is 3.28. The molecule has 0 aromatic heterocycles. The van der Waals surface area contributed by atoms with E-state index < -0.39 is 5.97 Å². The van der Waals surface area contributed by atoms with Gasteiger partial charge in [0.1, 0.15) is 0 Å². The van der Waals surface area contributed by atoms with Crippen molar-refractivity contribution in [3.05, 3.63) is 53.1 Å². The summed E-state index contributed by atoms with van der Waals surface area (Å²) in [6.07, 6.45) is 0. The van der Waals surface area contributed by atoms with E-state index in [2.05, 4.69) is 32.0 Å². The van der Waals surface area contributed by atoms with E-state index in [1.54, 1.807) is 12.1 Å². The van der Waals surface area contributed by atoms with Gasteiger partial charge in [-0.3, -0.25) is 0 Å². The third-order valence-corrected chi connectivity index (χ3v) is 3.56. The molecule has 0 aliphatic heterocycles. The highest BCUT2D eigenvalue weighted by Gasteiger charge is 2.16. The van der Waals surface area contributed by atoms with Crippen LogP contribution in [0.25, 0.3) is 0 Å². The van der Waals surface area contributed by atoms with Crippen LogP contribution in [0.15, 0.2) is 36.4 Å². The third-order valence-electron chi connectivity index (χ3n) is 3.56. The number of carbonyl (C=O) groups is 1. The summed E-state index contributed by atoms with van der Waals surface area (Å²) in [6, 6.07) is 11.6. The molecular formula is C17H20N2O2. The molecule has 4 nitrogen and oxygen atoms in total. The van der Waals surface area contributed by atoms with Gasteiger partial charge in [0.25, 0.3) is 0 Å². The summed E-state index contributed by atoms with van der Waals surface area (Å²) in [6.45, 7) is 4.11. The molecule has 0 saturated heterocycles. The molecule has 0 aliphatic carbocycles. The van der Waals surface area contributed by atoms with Crippen LogP contribution >= 0.6 is 0 Å². The zero-order valence-corrected chi connectivity index (χ0v) is 12.8. The minimum Gasteiger partial charge on any atom is -0.465 e. The number of carbonyl (C=O) groups excluding carboxylic acids is 1. The number of ether oxygens (including phenoxy) is 1. The number of benzene rings is 2. The predicted octanol–water partition coefficient (Wildman–Crippen LogP) is 3.44. The number of methoxy groups -OCH3 is 1. The van der Waals surface area contributed by atoms with Gasteiger partial charge in [0.15, 0.2) is 0 Å². The summed E-state index contributed by atoms with van der Waals surface area (Å²) in [5.74, 6) is -0.427. The van der Waals surface area contributed by atoms with E-state index in [4.69, 9.17) is 10.5 Å². The Bertz CT molecular complexity index is 680. The molecule has 2 aromatic carbocycles. The Labute approximate surface area is 125 Å². The van der Waals surface area contributed by atoms with E-state index in [0.717, 1.165) is 16.9 Å². The zero-order chi connectivity index (χ0) is 15.6. The van der Waals surface area contributed by atoms with E-state index in [0.29, 0.717) is 11.3 Å². The zero-order valence-electron chi connectivity index (χ0n) is 12.8. The van der Waals surface area contributed by atoms with Gasteiger partial charge in [-0.1, -0.05) is 23.8 Å². The Morgan fingerprint density at radius 3 is 2.48 bits per heavy atom. The van der Waals surface area contributed by atoms with Crippen LogP contribution < -0.4 is 10.6 Å². The van der Waals surface area contributed by atoms with Gasteiger partial charge in [0.2, 0.25) is 0 Å². The maximum absolute atomic E-state index is 11.7. The SMILES string of the molecule is COC(=O)c1cccc(N(C)c2ccc(C)cc2C)c1N. The van der Waals surface area contributed by atoms with Gasteiger partial charge < -0.3 is 15.4 Å². The Balaban J connectivity index is 2.48. The predicted molar refractivity (Wildman–Crippen MR) is 86.2 cm³/mol. The molecule has 0 heterocycles. The summed E-state index contributed by atoms with van der Waals surface area (Å²) < 4.78 is 4.76. The lowest BCUT2D eigenvalue weighted by atomic mass is 10.1. The van der Waals surface area contributed by atoms with Crippen molar-refractivity contribution in [2.75, 3.05) is 24.8 Å². The van der Waals surface area contributed by atoms with Crippen molar-refractivity contribution in [2.45, 2.75) is 13.8 Å². The molecule has 0 unspecified atom stereocenters. The monoisotopic (exact) mass is 284 g/mol. The minimum atomic E-state index is -0.427. The highest BCUT2D eigenvalue weighted by Crippen LogP contribution is 2.33. The second-order valence-electron chi connectivity index (χ2n) is 5.08. The number of hydrogen-bond acceptors (Lipinski definition) is 4. The second-order valence-corrected chi connectivity index (χ2v) is 5.08. The number of hydrogen-bond donors (Lipinski definition) is 1. The van der Waals surface area contributed by atoms with Gasteiger partial charge in [-0.05, 0) is 37.6 Å². The topological polar surface area (TPSA) is 55.6 Å². The molecule has 2 N–H and O–H groups in total. The molecule has 0 amide bonds. The van der Waals surface area contributed by atoms with Crippen LogP contribution in [-0.2, 0) is 4.74 Å². The van der Waals surface area contributed by atoms with E-state index in [1.807, 2.05) is 18.0 Å². The van der Waals surface area contributed by atoms with Crippen LogP contribution in [0.2, 0.25) is 0 Å². The molecule has 2 aromatic rings. The number of nitrogens with two attached hydrogens (primary N) is 1. The van der Waals surface area contributed by atoms with Crippen molar-refractivity contribution in [1.82, 2.24) is 0 Å². The van der Waals surface area contributed by atoms with Gasteiger partial charge >= 0.3 is 5.97 Å². The average molecular weight is 284 g/mol. The molecule has 4 heteroatoms. The molecule has 0 atom stereocenters. The number of nitrogen functional groups attached to an aromatic ring is 1. The molecular weight excluding hydrogens is 264 g/mol. The van der Waals surface area contributed by atoms with E-state index in [1.165, 1.54) is 12.7 Å². The lowest BCUT2D eigenvalue weighted by Crippen LogP contribution is -2.15. The summed E-state index contributed by atoms with van der Waals surface area (Å²) in [5, 5.41) is 0. The van der Waals surface area contributed by atoms with Crippen LogP contribution in [-0.4, -0.2) is 20.1 Å². The van der Waals surface area contributed by atoms with Crippen molar-refractivity contribution >= 4 is 23.0 Å². The van der Waals surface area contributed by atoms with Crippen LogP contribution in [0, 0.1) is 13.8 Å². The first-order chi connectivity index (χ1) is 9.95. The van der Waals surface area contributed by atoms with Crippen LogP contribution in [0.4, 0.5) is 17.1 Å². The number of anilines is 3. The quantitative estimate of drug-likeness (QED) is 0.693. The number of esters is 1. The Morgan fingerprint density at radius 2 is 1.86 bits per heavy atom. The van der Waals surface area contributed by atoms with Crippen molar-refractivity contribution in [2.24, 2.45) is 0 Å². The Morgan fingerprint density at radius 1 is 1.14 bits per heavy atom. The first-order valence-corrected chi connectivity index (χ1v) is 6.73. The van der Waals surface area contributed by atoms with Gasteiger partial charge in [-0.15, -0.1) is 0 Å². The fraction of sp³-hybridized carbons (Fsp3) is 0.235. The molecule has 21 heavy (non-hydrogen) atoms. The molecule has 0 saturated carbocycles. The van der Waals surface area contributed by atoms with Crippen LogP contribution in [0.3, 0.4) is 0 Å². The summed E-state index contributed by atoms with van der Waals surface area (Å²) in [5.41, 5.74) is 11.1. The molecule has 0 fully saturated rings. The van der Waals surface area contributed by atoms with E-state index in [9.17, 15) is 4.79 Å². The standard InChI is InChI=1S/C17H20N2O2/c1-11-8-9-14(12(2)10-11)19(3)15-7-5-6-13(16(15)18)17(20)21-4/h5-10H,18H2,1-4H3. The molecule has 0 aliphatic rings. The summed E-state index contributed by atoms with van der Waals surface area (Å²) in [4.78, 5) is 13.7. The van der Waals surface area contributed by atoms with Crippen molar-refractivity contribution in [3.63, 3.8) is 0 Å². The number of aryl methyl sites for hydroxylation is 2.